The molecule has 0 bridgehead atoms. The van der Waals surface area contributed by atoms with Gasteiger partial charge in [0.25, 0.3) is 0 Å². The molecule has 25 heavy (non-hydrogen) atoms. The first-order chi connectivity index (χ1) is 12.0. The van der Waals surface area contributed by atoms with Gasteiger partial charge >= 0.3 is 0 Å². The lowest BCUT2D eigenvalue weighted by Gasteiger charge is -2.09. The van der Waals surface area contributed by atoms with Crippen molar-refractivity contribution in [1.82, 2.24) is 14.8 Å². The maximum absolute atomic E-state index is 6.40. The summed E-state index contributed by atoms with van der Waals surface area (Å²) in [5.74, 6) is 0.398. The van der Waals surface area contributed by atoms with E-state index in [0.29, 0.717) is 27.9 Å². The van der Waals surface area contributed by atoms with Crippen molar-refractivity contribution in [3.05, 3.63) is 59.0 Å². The number of pyridine rings is 1. The van der Waals surface area contributed by atoms with Crippen LogP contribution in [-0.2, 0) is 7.05 Å². The van der Waals surface area contributed by atoms with Crippen LogP contribution in [0.1, 0.15) is 18.2 Å². The monoisotopic (exact) mass is 352 g/mol. The third-order valence-electron chi connectivity index (χ3n) is 3.56. The van der Waals surface area contributed by atoms with Gasteiger partial charge in [-0.1, -0.05) is 17.7 Å². The van der Waals surface area contributed by atoms with E-state index in [9.17, 15) is 0 Å². The minimum atomic E-state index is 0.398. The quantitative estimate of drug-likeness (QED) is 0.576. The van der Waals surface area contributed by atoms with Crippen LogP contribution >= 0.6 is 11.6 Å². The highest BCUT2D eigenvalue weighted by Gasteiger charge is 2.15. The Hall–Kier alpha value is -2.99. The van der Waals surface area contributed by atoms with Crippen LogP contribution in [0, 0.1) is 0 Å². The van der Waals surface area contributed by atoms with Gasteiger partial charge in [0.05, 0.1) is 22.1 Å². The van der Waals surface area contributed by atoms with Crippen molar-refractivity contribution in [2.45, 2.75) is 6.92 Å². The molecule has 1 aromatic carbocycles. The van der Waals surface area contributed by atoms with Crippen molar-refractivity contribution in [2.75, 3.05) is 0 Å². The van der Waals surface area contributed by atoms with E-state index in [-0.39, 0.29) is 0 Å². The number of nitrogens with two attached hydrogens (primary N) is 1. The first-order valence-electron chi connectivity index (χ1n) is 7.56. The van der Waals surface area contributed by atoms with Gasteiger partial charge in [0.2, 0.25) is 0 Å². The molecule has 2 aromatic heterocycles. The Labute approximate surface area is 150 Å². The molecule has 0 saturated heterocycles. The number of aliphatic imine (C=N–C) groups is 2. The van der Waals surface area contributed by atoms with Crippen molar-refractivity contribution >= 4 is 46.5 Å². The second-order valence-electron chi connectivity index (χ2n) is 5.52. The van der Waals surface area contributed by atoms with Crippen LogP contribution in [0.4, 0.5) is 0 Å². The fraction of sp³-hybridized carbons (Fsp3) is 0.111. The van der Waals surface area contributed by atoms with Crippen molar-refractivity contribution in [3.8, 4) is 0 Å². The van der Waals surface area contributed by atoms with Gasteiger partial charge in [-0.3, -0.25) is 14.7 Å². The molecular formula is C18H17ClN6. The summed E-state index contributed by atoms with van der Waals surface area (Å²) in [5, 5.41) is 5.84. The van der Waals surface area contributed by atoms with Crippen LogP contribution in [0.5, 0.6) is 0 Å². The highest BCUT2D eigenvalue weighted by Crippen LogP contribution is 2.32. The number of benzene rings is 1. The van der Waals surface area contributed by atoms with Crippen molar-refractivity contribution in [3.63, 3.8) is 0 Å². The van der Waals surface area contributed by atoms with E-state index in [4.69, 9.17) is 17.3 Å². The topological polar surface area (TPSA) is 81.5 Å². The number of hydrogen-bond donors (Lipinski definition) is 1. The molecule has 0 atom stereocenters. The molecule has 0 aliphatic carbocycles. The Morgan fingerprint density at radius 3 is 2.72 bits per heavy atom. The van der Waals surface area contributed by atoms with E-state index < -0.39 is 0 Å². The largest absolute Gasteiger partial charge is 0.387 e. The zero-order valence-corrected chi connectivity index (χ0v) is 14.7. The van der Waals surface area contributed by atoms with Crippen molar-refractivity contribution in [2.24, 2.45) is 22.8 Å². The molecule has 3 rings (SSSR count). The molecule has 3 aromatic rings. The number of amidine groups is 1. The van der Waals surface area contributed by atoms with E-state index in [1.807, 2.05) is 37.5 Å². The van der Waals surface area contributed by atoms with Crippen LogP contribution in [-0.4, -0.2) is 27.3 Å². The molecule has 0 aliphatic rings. The summed E-state index contributed by atoms with van der Waals surface area (Å²) in [4.78, 5) is 12.9. The summed E-state index contributed by atoms with van der Waals surface area (Å²) in [5.41, 5.74) is 9.05. The maximum atomic E-state index is 6.40. The first-order valence-corrected chi connectivity index (χ1v) is 7.94. The molecule has 0 aliphatic heterocycles. The van der Waals surface area contributed by atoms with Crippen molar-refractivity contribution < 1.29 is 0 Å². The number of nitrogens with zero attached hydrogens (tertiary/aromatic N) is 5. The molecular weight excluding hydrogens is 336 g/mol. The number of fused-ring (bicyclic) bond motifs is 1. The molecule has 0 spiro atoms. The van der Waals surface area contributed by atoms with Gasteiger partial charge in [-0.2, -0.15) is 5.10 Å². The Kier molecular flexibility index (Phi) is 4.63. The lowest BCUT2D eigenvalue weighted by molar-refractivity contribution is 0.763. The molecule has 0 fully saturated rings. The fourth-order valence-corrected chi connectivity index (χ4v) is 2.81. The van der Waals surface area contributed by atoms with Crippen LogP contribution in [0.3, 0.4) is 0 Å². The summed E-state index contributed by atoms with van der Waals surface area (Å²) >= 11 is 6.40. The maximum Gasteiger partial charge on any atom is 0.119 e. The zero-order valence-electron chi connectivity index (χ0n) is 13.9. The Bertz CT molecular complexity index is 1010. The van der Waals surface area contributed by atoms with E-state index >= 15 is 0 Å². The summed E-state index contributed by atoms with van der Waals surface area (Å²) in [6.07, 6.45) is 3.53. The summed E-state index contributed by atoms with van der Waals surface area (Å²) < 4.78 is 1.69. The van der Waals surface area contributed by atoms with Gasteiger partial charge < -0.3 is 5.73 Å². The fourth-order valence-electron chi connectivity index (χ4n) is 2.54. The number of hydrogen-bond acceptors (Lipinski definition) is 4. The minimum absolute atomic E-state index is 0.398. The predicted molar refractivity (Wildman–Crippen MR) is 104 cm³/mol. The zero-order chi connectivity index (χ0) is 18.0. The van der Waals surface area contributed by atoms with Crippen molar-refractivity contribution in [1.29, 1.82) is 0 Å². The van der Waals surface area contributed by atoms with Gasteiger partial charge in [0.1, 0.15) is 11.4 Å². The van der Waals surface area contributed by atoms with Gasteiger partial charge in [0, 0.05) is 30.4 Å². The lowest BCUT2D eigenvalue weighted by atomic mass is 10.1. The summed E-state index contributed by atoms with van der Waals surface area (Å²) in [6, 6.07) is 9.39. The molecule has 2 N–H and O–H groups in total. The third-order valence-corrected chi connectivity index (χ3v) is 3.85. The standard InChI is InChI=1S/C18H17ClN6/c1-11(20)23-18(15-6-8-25(3)24-15)17(21-2)13-9-12-5-4-7-22-16(12)14(19)10-13/h4-10H,2H2,1,3H3,(H2,20,23)/b18-17-. The van der Waals surface area contributed by atoms with E-state index in [1.54, 1.807) is 23.9 Å². The highest BCUT2D eigenvalue weighted by molar-refractivity contribution is 6.35. The molecule has 126 valence electrons. The summed E-state index contributed by atoms with van der Waals surface area (Å²) in [6.45, 7) is 5.41. The average molecular weight is 353 g/mol. The lowest BCUT2D eigenvalue weighted by Crippen LogP contribution is -2.06. The first kappa shape index (κ1) is 16.9. The molecule has 0 radical (unpaired) electrons. The number of halogens is 1. The SMILES string of the molecule is C=N/C(=C(\N=C(C)N)c1ccn(C)n1)c1cc(Cl)c2ncccc2c1. The number of aryl methyl sites for hydroxylation is 1. The molecule has 0 amide bonds. The Balaban J connectivity index is 2.30. The van der Waals surface area contributed by atoms with Crippen LogP contribution < -0.4 is 5.73 Å². The summed E-state index contributed by atoms with van der Waals surface area (Å²) in [7, 11) is 1.83. The van der Waals surface area contributed by atoms with Gasteiger partial charge in [-0.05, 0) is 37.9 Å². The van der Waals surface area contributed by atoms with Gasteiger partial charge in [-0.15, -0.1) is 0 Å². The minimum Gasteiger partial charge on any atom is -0.387 e. The van der Waals surface area contributed by atoms with Gasteiger partial charge in [-0.25, -0.2) is 4.99 Å². The Morgan fingerprint density at radius 2 is 2.08 bits per heavy atom. The second kappa shape index (κ2) is 6.86. The molecule has 2 heterocycles. The average Bonchev–Trinajstić information content (AvgIpc) is 3.01. The normalized spacial score (nSPS) is 13.0. The van der Waals surface area contributed by atoms with Crippen LogP contribution in [0.25, 0.3) is 22.3 Å². The van der Waals surface area contributed by atoms with E-state index in [2.05, 4.69) is 26.8 Å². The molecule has 0 unspecified atom stereocenters. The molecule has 7 heteroatoms. The Morgan fingerprint density at radius 1 is 1.28 bits per heavy atom. The highest BCUT2D eigenvalue weighted by atomic mass is 35.5. The van der Waals surface area contributed by atoms with Crippen LogP contribution in [0.15, 0.2) is 52.7 Å². The molecule has 0 saturated carbocycles. The second-order valence-corrected chi connectivity index (χ2v) is 5.92. The van der Waals surface area contributed by atoms with Crippen LogP contribution in [0.2, 0.25) is 5.02 Å². The molecule has 6 nitrogen and oxygen atoms in total. The van der Waals surface area contributed by atoms with E-state index in [0.717, 1.165) is 16.5 Å². The third kappa shape index (κ3) is 3.44. The van der Waals surface area contributed by atoms with Gasteiger partial charge in [0.15, 0.2) is 0 Å². The smallest absolute Gasteiger partial charge is 0.119 e. The van der Waals surface area contributed by atoms with E-state index in [1.165, 1.54) is 0 Å². The predicted octanol–water partition coefficient (Wildman–Crippen LogP) is 3.53. The number of aromatic nitrogens is 3. The number of rotatable bonds is 4.